The molecule has 1 fully saturated rings. The first-order chi connectivity index (χ1) is 11.8. The van der Waals surface area contributed by atoms with Crippen molar-refractivity contribution in [2.24, 2.45) is 5.92 Å². The van der Waals surface area contributed by atoms with Gasteiger partial charge in [0.25, 0.3) is 0 Å². The third kappa shape index (κ3) is 7.34. The number of hydrogen-bond donors (Lipinski definition) is 2. The molecule has 6 heteroatoms. The van der Waals surface area contributed by atoms with Gasteiger partial charge in [0, 0.05) is 17.1 Å². The summed E-state index contributed by atoms with van der Waals surface area (Å²) in [5.74, 6) is 1.73. The summed E-state index contributed by atoms with van der Waals surface area (Å²) in [5.41, 5.74) is 2.33. The molecule has 144 valence electrons. The molecule has 0 spiro atoms. The molecule has 3 rings (SSSR count). The van der Waals surface area contributed by atoms with Crippen molar-refractivity contribution in [3.05, 3.63) is 64.7 Å². The van der Waals surface area contributed by atoms with E-state index >= 15 is 0 Å². The lowest BCUT2D eigenvalue weighted by Gasteiger charge is -2.23. The molecule has 26 heavy (non-hydrogen) atoms. The Balaban J connectivity index is 0.00000169. The van der Waals surface area contributed by atoms with Crippen LogP contribution in [0.4, 0.5) is 0 Å². The third-order valence-electron chi connectivity index (χ3n) is 4.49. The summed E-state index contributed by atoms with van der Waals surface area (Å²) in [6.45, 7) is 4.77. The summed E-state index contributed by atoms with van der Waals surface area (Å²) in [4.78, 5) is 0. The summed E-state index contributed by atoms with van der Waals surface area (Å²) in [6.07, 6.45) is 2.53. The van der Waals surface area contributed by atoms with Gasteiger partial charge in [0.15, 0.2) is 0 Å². The summed E-state index contributed by atoms with van der Waals surface area (Å²) >= 11 is 5.92. The zero-order valence-corrected chi connectivity index (χ0v) is 17.0. The van der Waals surface area contributed by atoms with E-state index in [-0.39, 0.29) is 24.8 Å². The average Bonchev–Trinajstić information content (AvgIpc) is 2.63. The van der Waals surface area contributed by atoms with E-state index in [1.165, 1.54) is 18.4 Å². The van der Waals surface area contributed by atoms with Crippen molar-refractivity contribution in [3.63, 3.8) is 0 Å². The fraction of sp³-hybridized carbons (Fsp3) is 0.400. The minimum Gasteiger partial charge on any atom is -1.00 e. The van der Waals surface area contributed by atoms with Gasteiger partial charge in [-0.05, 0) is 62.2 Å². The van der Waals surface area contributed by atoms with Crippen molar-refractivity contribution in [1.29, 1.82) is 0 Å². The Hall–Kier alpha value is -0.970. The van der Waals surface area contributed by atoms with Gasteiger partial charge in [0.2, 0.25) is 0 Å². The second-order valence-electron chi connectivity index (χ2n) is 6.35. The number of benzene rings is 2. The highest BCUT2D eigenvalue weighted by atomic mass is 35.5. The first-order valence-corrected chi connectivity index (χ1v) is 9.05. The number of rotatable bonds is 7. The van der Waals surface area contributed by atoms with Gasteiger partial charge >= 0.3 is 0 Å². The van der Waals surface area contributed by atoms with Crippen molar-refractivity contribution in [3.8, 4) is 5.75 Å². The normalized spacial score (nSPS) is 14.2. The van der Waals surface area contributed by atoms with Crippen LogP contribution in [-0.4, -0.2) is 19.6 Å². The molecule has 1 saturated heterocycles. The van der Waals surface area contributed by atoms with Gasteiger partial charge < -0.3 is 40.2 Å². The van der Waals surface area contributed by atoms with E-state index in [1.807, 2.05) is 36.4 Å². The molecular weight excluding hydrogens is 391 g/mol. The van der Waals surface area contributed by atoms with Crippen LogP contribution in [0.1, 0.15) is 24.0 Å². The highest BCUT2D eigenvalue weighted by molar-refractivity contribution is 6.30. The monoisotopic (exact) mass is 414 g/mol. The molecule has 1 heterocycles. The maximum absolute atomic E-state index is 6.01. The maximum atomic E-state index is 6.01. The van der Waals surface area contributed by atoms with Crippen molar-refractivity contribution < 1.29 is 29.6 Å². The number of hydrogen-bond acceptors (Lipinski definition) is 3. The minimum atomic E-state index is 0. The number of piperidine rings is 1. The maximum Gasteiger partial charge on any atom is 0.124 e. The molecule has 0 aromatic heterocycles. The van der Waals surface area contributed by atoms with E-state index in [1.54, 1.807) is 0 Å². The predicted molar refractivity (Wildman–Crippen MR) is 99.5 cm³/mol. The molecule has 2 N–H and O–H groups in total. The third-order valence-corrected chi connectivity index (χ3v) is 4.74. The van der Waals surface area contributed by atoms with Gasteiger partial charge in [-0.1, -0.05) is 41.9 Å². The largest absolute Gasteiger partial charge is 1.00 e. The SMILES string of the molecule is Clc1ccc(COc2ccccc2CNCC2CCNCC2)cc1.[Cl-].[Cl-]. The van der Waals surface area contributed by atoms with Gasteiger partial charge in [-0.2, -0.15) is 0 Å². The highest BCUT2D eigenvalue weighted by Gasteiger charge is 2.12. The lowest BCUT2D eigenvalue weighted by atomic mass is 9.98. The Morgan fingerprint density at radius 1 is 1.00 bits per heavy atom. The van der Waals surface area contributed by atoms with E-state index < -0.39 is 0 Å². The standard InChI is InChI=1S/C20H25ClN2O.2ClH/c21-19-7-5-17(6-8-19)15-24-20-4-2-1-3-18(20)14-23-13-16-9-11-22-12-10-16;;/h1-8,16,22-23H,9-15H2;2*1H/p-2. The molecule has 0 atom stereocenters. The van der Waals surface area contributed by atoms with E-state index in [0.29, 0.717) is 6.61 Å². The number of nitrogens with one attached hydrogen (secondary N) is 2. The molecule has 1 aliphatic heterocycles. The zero-order valence-electron chi connectivity index (χ0n) is 14.7. The lowest BCUT2D eigenvalue weighted by Crippen LogP contribution is -3.00. The molecular formula is C20H25Cl3N2O-2. The summed E-state index contributed by atoms with van der Waals surface area (Å²) in [6, 6.07) is 16.0. The Morgan fingerprint density at radius 2 is 1.69 bits per heavy atom. The van der Waals surface area contributed by atoms with Crippen LogP contribution in [0.15, 0.2) is 48.5 Å². The van der Waals surface area contributed by atoms with Gasteiger partial charge in [0.1, 0.15) is 12.4 Å². The van der Waals surface area contributed by atoms with Crippen LogP contribution >= 0.6 is 11.6 Å². The van der Waals surface area contributed by atoms with Crippen LogP contribution in [-0.2, 0) is 13.2 Å². The molecule has 2 aromatic rings. The fourth-order valence-corrected chi connectivity index (χ4v) is 3.16. The predicted octanol–water partition coefficient (Wildman–Crippen LogP) is -1.98. The molecule has 0 bridgehead atoms. The van der Waals surface area contributed by atoms with Crippen molar-refractivity contribution in [2.45, 2.75) is 26.0 Å². The minimum absolute atomic E-state index is 0. The van der Waals surface area contributed by atoms with E-state index in [2.05, 4.69) is 22.8 Å². The first-order valence-electron chi connectivity index (χ1n) is 8.68. The Kier molecular flexibility index (Phi) is 11.0. The van der Waals surface area contributed by atoms with Crippen molar-refractivity contribution >= 4 is 11.6 Å². The second-order valence-corrected chi connectivity index (χ2v) is 6.78. The number of ether oxygens (including phenoxy) is 1. The van der Waals surface area contributed by atoms with Crippen LogP contribution in [0.25, 0.3) is 0 Å². The molecule has 1 aliphatic rings. The number of para-hydroxylation sites is 1. The fourth-order valence-electron chi connectivity index (χ4n) is 3.03. The molecule has 0 unspecified atom stereocenters. The van der Waals surface area contributed by atoms with Gasteiger partial charge in [0.05, 0.1) is 0 Å². The highest BCUT2D eigenvalue weighted by Crippen LogP contribution is 2.20. The van der Waals surface area contributed by atoms with Crippen LogP contribution in [0.3, 0.4) is 0 Å². The van der Waals surface area contributed by atoms with E-state index in [9.17, 15) is 0 Å². The second kappa shape index (κ2) is 12.4. The molecule has 0 aliphatic carbocycles. The zero-order chi connectivity index (χ0) is 16.6. The van der Waals surface area contributed by atoms with E-state index in [0.717, 1.165) is 48.4 Å². The lowest BCUT2D eigenvalue weighted by molar-refractivity contribution is -0.001000. The van der Waals surface area contributed by atoms with Crippen LogP contribution < -0.4 is 40.2 Å². The Morgan fingerprint density at radius 3 is 2.42 bits per heavy atom. The summed E-state index contributed by atoms with van der Waals surface area (Å²) in [7, 11) is 0. The van der Waals surface area contributed by atoms with Crippen LogP contribution in [0, 0.1) is 5.92 Å². The molecule has 0 amide bonds. The van der Waals surface area contributed by atoms with Crippen molar-refractivity contribution in [1.82, 2.24) is 10.6 Å². The molecule has 0 radical (unpaired) electrons. The van der Waals surface area contributed by atoms with Crippen LogP contribution in [0.5, 0.6) is 5.75 Å². The average molecular weight is 416 g/mol. The van der Waals surface area contributed by atoms with Gasteiger partial charge in [-0.25, -0.2) is 0 Å². The number of halogens is 3. The van der Waals surface area contributed by atoms with Gasteiger partial charge in [-0.15, -0.1) is 0 Å². The van der Waals surface area contributed by atoms with E-state index in [4.69, 9.17) is 16.3 Å². The topological polar surface area (TPSA) is 33.3 Å². The Bertz CT molecular complexity index is 631. The molecule has 0 saturated carbocycles. The quantitative estimate of drug-likeness (QED) is 0.550. The smallest absolute Gasteiger partial charge is 0.124 e. The first kappa shape index (κ1) is 23.1. The molecule has 3 nitrogen and oxygen atoms in total. The summed E-state index contributed by atoms with van der Waals surface area (Å²) in [5, 5.41) is 7.76. The van der Waals surface area contributed by atoms with Crippen molar-refractivity contribution in [2.75, 3.05) is 19.6 Å². The van der Waals surface area contributed by atoms with Gasteiger partial charge in [-0.3, -0.25) is 0 Å². The summed E-state index contributed by atoms with van der Waals surface area (Å²) < 4.78 is 6.01. The molecule has 2 aromatic carbocycles. The Labute approximate surface area is 173 Å². The van der Waals surface area contributed by atoms with Crippen LogP contribution in [0.2, 0.25) is 5.02 Å².